The van der Waals surface area contributed by atoms with E-state index in [0.29, 0.717) is 54.2 Å². The number of para-hydroxylation sites is 2. The molecular formula is C28H28N2O8. The minimum absolute atomic E-state index is 0.126. The van der Waals surface area contributed by atoms with E-state index < -0.39 is 17.7 Å². The predicted molar refractivity (Wildman–Crippen MR) is 136 cm³/mol. The molecule has 0 radical (unpaired) electrons. The van der Waals surface area contributed by atoms with Gasteiger partial charge in [0.15, 0.2) is 11.5 Å². The molecule has 3 aromatic rings. The van der Waals surface area contributed by atoms with Gasteiger partial charge in [0, 0.05) is 33.1 Å². The van der Waals surface area contributed by atoms with Crippen LogP contribution in [0, 0.1) is 13.8 Å². The number of ether oxygens (including phenoxy) is 3. The van der Waals surface area contributed by atoms with Gasteiger partial charge in [0.05, 0.1) is 17.4 Å². The Morgan fingerprint density at radius 2 is 1.68 bits per heavy atom. The number of carbonyl (C=O) groups is 3. The number of aryl methyl sites for hydroxylation is 2. The summed E-state index contributed by atoms with van der Waals surface area (Å²) < 4.78 is 22.4. The maximum Gasteiger partial charge on any atom is 0.340 e. The van der Waals surface area contributed by atoms with Crippen molar-refractivity contribution in [3.05, 3.63) is 63.5 Å². The van der Waals surface area contributed by atoms with E-state index in [-0.39, 0.29) is 36.2 Å². The summed E-state index contributed by atoms with van der Waals surface area (Å²) in [4.78, 5) is 53.9. The van der Waals surface area contributed by atoms with Gasteiger partial charge in [0.1, 0.15) is 17.9 Å². The number of rotatable bonds is 4. The lowest BCUT2D eigenvalue weighted by molar-refractivity contribution is -0.146. The molecule has 0 spiro atoms. The van der Waals surface area contributed by atoms with Crippen molar-refractivity contribution in [2.75, 3.05) is 32.8 Å². The molecule has 10 nitrogen and oxygen atoms in total. The van der Waals surface area contributed by atoms with Crippen molar-refractivity contribution < 1.29 is 33.0 Å². The number of esters is 1. The van der Waals surface area contributed by atoms with Crippen molar-refractivity contribution in [1.29, 1.82) is 0 Å². The van der Waals surface area contributed by atoms with E-state index in [4.69, 9.17) is 18.6 Å². The molecule has 0 bridgehead atoms. The summed E-state index contributed by atoms with van der Waals surface area (Å²) in [7, 11) is 0. The van der Waals surface area contributed by atoms with Gasteiger partial charge in [-0.05, 0) is 49.2 Å². The number of benzene rings is 2. The largest absolute Gasteiger partial charge is 0.485 e. The average molecular weight is 521 g/mol. The monoisotopic (exact) mass is 520 g/mol. The number of nitrogens with zero attached hydrogens (tertiary/aromatic N) is 2. The topological polar surface area (TPSA) is 116 Å². The molecule has 2 aliphatic heterocycles. The maximum absolute atomic E-state index is 13.2. The number of fused-ring (bicyclic) bond motifs is 2. The molecule has 1 fully saturated rings. The highest BCUT2D eigenvalue weighted by Gasteiger charge is 2.33. The maximum atomic E-state index is 13.2. The number of piperazine rings is 1. The molecule has 1 saturated heterocycles. The first-order valence-electron chi connectivity index (χ1n) is 12.4. The third-order valence-corrected chi connectivity index (χ3v) is 6.80. The van der Waals surface area contributed by atoms with Crippen LogP contribution in [0.15, 0.2) is 45.6 Å². The van der Waals surface area contributed by atoms with Crippen LogP contribution in [0.25, 0.3) is 11.0 Å². The minimum atomic E-state index is -0.743. The predicted octanol–water partition coefficient (Wildman–Crippen LogP) is 2.39. The molecule has 1 aromatic heterocycles. The Bertz CT molecular complexity index is 1490. The second-order valence-corrected chi connectivity index (χ2v) is 9.47. The van der Waals surface area contributed by atoms with Crippen molar-refractivity contribution in [2.45, 2.75) is 33.3 Å². The Hall–Kier alpha value is -4.34. The van der Waals surface area contributed by atoms with Crippen LogP contribution >= 0.6 is 0 Å². The lowest BCUT2D eigenvalue weighted by atomic mass is 10.0. The van der Waals surface area contributed by atoms with Gasteiger partial charge in [-0.15, -0.1) is 0 Å². The fourth-order valence-electron chi connectivity index (χ4n) is 4.86. The summed E-state index contributed by atoms with van der Waals surface area (Å²) in [6.45, 7) is 6.27. The van der Waals surface area contributed by atoms with E-state index in [9.17, 15) is 19.2 Å². The first-order valence-corrected chi connectivity index (χ1v) is 12.4. The molecule has 0 aliphatic carbocycles. The fraction of sp³-hybridized carbons (Fsp3) is 0.357. The molecule has 38 heavy (non-hydrogen) atoms. The summed E-state index contributed by atoms with van der Waals surface area (Å²) in [5.41, 5.74) is 1.20. The first kappa shape index (κ1) is 25.3. The zero-order valence-electron chi connectivity index (χ0n) is 21.4. The molecule has 10 heteroatoms. The van der Waals surface area contributed by atoms with Gasteiger partial charge < -0.3 is 28.4 Å². The van der Waals surface area contributed by atoms with Crippen LogP contribution in [0.3, 0.4) is 0 Å². The van der Waals surface area contributed by atoms with Gasteiger partial charge in [0.25, 0.3) is 5.91 Å². The van der Waals surface area contributed by atoms with Crippen molar-refractivity contribution >= 4 is 28.8 Å². The summed E-state index contributed by atoms with van der Waals surface area (Å²) in [5, 5.41) is 0.486. The molecule has 2 aromatic carbocycles. The fourth-order valence-corrected chi connectivity index (χ4v) is 4.86. The Kier molecular flexibility index (Phi) is 6.79. The summed E-state index contributed by atoms with van der Waals surface area (Å²) in [6.07, 6.45) is -0.908. The van der Waals surface area contributed by atoms with Crippen LogP contribution in [0.5, 0.6) is 17.2 Å². The molecule has 0 unspecified atom stereocenters. The van der Waals surface area contributed by atoms with Crippen molar-refractivity contribution in [2.24, 2.45) is 0 Å². The summed E-state index contributed by atoms with van der Waals surface area (Å²) in [5.74, 6) is 0.483. The third kappa shape index (κ3) is 4.93. The highest BCUT2D eigenvalue weighted by molar-refractivity contribution is 5.91. The molecule has 198 valence electrons. The smallest absolute Gasteiger partial charge is 0.340 e. The van der Waals surface area contributed by atoms with E-state index in [1.165, 1.54) is 6.92 Å². The van der Waals surface area contributed by atoms with E-state index in [1.807, 2.05) is 12.1 Å². The Labute approximate surface area is 218 Å². The molecule has 0 N–H and O–H groups in total. The van der Waals surface area contributed by atoms with Crippen LogP contribution < -0.4 is 19.8 Å². The second kappa shape index (κ2) is 10.2. The zero-order chi connectivity index (χ0) is 27.0. The van der Waals surface area contributed by atoms with Gasteiger partial charge >= 0.3 is 11.6 Å². The quantitative estimate of drug-likeness (QED) is 0.293. The van der Waals surface area contributed by atoms with E-state index in [2.05, 4.69) is 0 Å². The molecule has 2 amide bonds. The van der Waals surface area contributed by atoms with Gasteiger partial charge in [-0.3, -0.25) is 14.4 Å². The molecule has 0 saturated carbocycles. The SMILES string of the molecule is CC(=O)Oc1cc(C)cc2oc(=O)c(CC(=O)N3CCN(C(=O)[C@H]4COc5ccccc5O4)CC3)c(C)c12. The average Bonchev–Trinajstić information content (AvgIpc) is 2.89. The Morgan fingerprint density at radius 1 is 1.00 bits per heavy atom. The lowest BCUT2D eigenvalue weighted by Crippen LogP contribution is -2.55. The van der Waals surface area contributed by atoms with E-state index >= 15 is 0 Å². The number of hydrogen-bond acceptors (Lipinski definition) is 8. The Balaban J connectivity index is 1.26. The van der Waals surface area contributed by atoms with Crippen LogP contribution in [0.2, 0.25) is 0 Å². The van der Waals surface area contributed by atoms with Crippen molar-refractivity contribution in [1.82, 2.24) is 9.80 Å². The summed E-state index contributed by atoms with van der Waals surface area (Å²) >= 11 is 0. The third-order valence-electron chi connectivity index (χ3n) is 6.80. The molecule has 2 aliphatic rings. The zero-order valence-corrected chi connectivity index (χ0v) is 21.4. The van der Waals surface area contributed by atoms with Crippen LogP contribution in [0.4, 0.5) is 0 Å². The van der Waals surface area contributed by atoms with Gasteiger partial charge in [-0.25, -0.2) is 4.79 Å². The molecule has 1 atom stereocenters. The highest BCUT2D eigenvalue weighted by Crippen LogP contribution is 2.32. The minimum Gasteiger partial charge on any atom is -0.485 e. The lowest BCUT2D eigenvalue weighted by Gasteiger charge is -2.37. The van der Waals surface area contributed by atoms with Gasteiger partial charge in [-0.2, -0.15) is 0 Å². The normalized spacial score (nSPS) is 16.9. The van der Waals surface area contributed by atoms with Crippen LogP contribution in [-0.4, -0.2) is 66.5 Å². The van der Waals surface area contributed by atoms with Crippen molar-refractivity contribution in [3.8, 4) is 17.2 Å². The molecule has 5 rings (SSSR count). The molecular weight excluding hydrogens is 492 g/mol. The summed E-state index contributed by atoms with van der Waals surface area (Å²) in [6, 6.07) is 10.6. The number of carbonyl (C=O) groups excluding carboxylic acids is 3. The van der Waals surface area contributed by atoms with E-state index in [0.717, 1.165) is 5.56 Å². The number of hydrogen-bond donors (Lipinski definition) is 0. The number of amides is 2. The van der Waals surface area contributed by atoms with Crippen LogP contribution in [-0.2, 0) is 20.8 Å². The molecule has 3 heterocycles. The van der Waals surface area contributed by atoms with Crippen LogP contribution in [0.1, 0.15) is 23.6 Å². The standard InChI is InChI=1S/C28H28N2O8/c1-16-12-22(36-18(3)31)26-17(2)19(28(34)38-23(26)13-16)14-25(32)29-8-10-30(11-9-29)27(33)24-15-35-20-6-4-5-7-21(20)37-24/h4-7,12-13,24H,8-11,14-15H2,1-3H3/t24-/m1/s1. The second-order valence-electron chi connectivity index (χ2n) is 9.47. The highest BCUT2D eigenvalue weighted by atomic mass is 16.6. The Morgan fingerprint density at radius 3 is 2.39 bits per heavy atom. The first-order chi connectivity index (χ1) is 18.2. The van der Waals surface area contributed by atoms with Gasteiger partial charge in [0.2, 0.25) is 12.0 Å². The van der Waals surface area contributed by atoms with Crippen molar-refractivity contribution in [3.63, 3.8) is 0 Å². The van der Waals surface area contributed by atoms with E-state index in [1.54, 1.807) is 47.9 Å². The van der Waals surface area contributed by atoms with Gasteiger partial charge in [-0.1, -0.05) is 12.1 Å².